The van der Waals surface area contributed by atoms with E-state index < -0.39 is 25.6 Å². The van der Waals surface area contributed by atoms with E-state index in [1.54, 1.807) is 24.3 Å². The summed E-state index contributed by atoms with van der Waals surface area (Å²) in [5.74, 6) is -1.94. The Bertz CT molecular complexity index is 613. The van der Waals surface area contributed by atoms with Crippen molar-refractivity contribution in [3.8, 4) is 0 Å². The molecule has 4 heteroatoms. The van der Waals surface area contributed by atoms with Crippen molar-refractivity contribution in [1.82, 2.24) is 0 Å². The lowest BCUT2D eigenvalue weighted by Gasteiger charge is -2.21. The summed E-state index contributed by atoms with van der Waals surface area (Å²) >= 11 is 0. The zero-order chi connectivity index (χ0) is 17.0. The van der Waals surface area contributed by atoms with Crippen LogP contribution in [0.1, 0.15) is 52.8 Å². The van der Waals surface area contributed by atoms with Crippen LogP contribution in [0, 0.1) is 5.92 Å². The molecule has 1 aromatic rings. The molecule has 0 aliphatic heterocycles. The van der Waals surface area contributed by atoms with Gasteiger partial charge in [0.05, 0.1) is 5.92 Å². The normalized spacial score (nSPS) is 18.2. The van der Waals surface area contributed by atoms with Gasteiger partial charge in [0.1, 0.15) is 0 Å². The van der Waals surface area contributed by atoms with Crippen molar-refractivity contribution in [2.45, 2.75) is 57.8 Å². The minimum absolute atomic E-state index is 0.174. The summed E-state index contributed by atoms with van der Waals surface area (Å²) in [7, 11) is -0.973. The first kappa shape index (κ1) is 17.8. The highest BCUT2D eigenvalue weighted by Crippen LogP contribution is 2.27. The van der Waals surface area contributed by atoms with Gasteiger partial charge in [0, 0.05) is 19.2 Å². The van der Waals surface area contributed by atoms with E-state index in [0.717, 1.165) is 19.3 Å². The molecule has 0 bridgehead atoms. The van der Waals surface area contributed by atoms with Gasteiger partial charge in [-0.25, -0.2) is 0 Å². The van der Waals surface area contributed by atoms with E-state index in [1.807, 2.05) is 0 Å². The summed E-state index contributed by atoms with van der Waals surface area (Å²) in [6, 6.07) is 7.98. The fraction of sp³-hybridized carbons (Fsp3) is 0.526. The Balaban J connectivity index is 1.88. The quantitative estimate of drug-likeness (QED) is 0.319. The third kappa shape index (κ3) is 4.47. The number of hydrogen-bond acceptors (Lipinski definition) is 3. The van der Waals surface area contributed by atoms with Crippen LogP contribution in [-0.4, -0.2) is 25.4 Å². The van der Waals surface area contributed by atoms with E-state index >= 15 is 0 Å². The van der Waals surface area contributed by atoms with Crippen molar-refractivity contribution in [1.29, 1.82) is 0 Å². The number of carbonyl (C=O) groups is 3. The standard InChI is InChI=1S/C19H26O3Si/c1-23(2,3)13-9-5-4-6-12-16-17(20)14-10-7-8-11-15(14)18(21)19(16)22/h7-8,10-11,16H,4-6,9,12-13H2,1-3H3. The van der Waals surface area contributed by atoms with Crippen LogP contribution in [0.25, 0.3) is 0 Å². The maximum absolute atomic E-state index is 12.5. The largest absolute Gasteiger partial charge is 0.293 e. The van der Waals surface area contributed by atoms with Gasteiger partial charge < -0.3 is 0 Å². The van der Waals surface area contributed by atoms with Crippen LogP contribution in [0.15, 0.2) is 24.3 Å². The van der Waals surface area contributed by atoms with Crippen LogP contribution in [-0.2, 0) is 4.79 Å². The molecular weight excluding hydrogens is 304 g/mol. The van der Waals surface area contributed by atoms with Gasteiger partial charge in [-0.1, -0.05) is 75.6 Å². The molecule has 0 saturated heterocycles. The Hall–Kier alpha value is -1.55. The number of hydrogen-bond donors (Lipinski definition) is 0. The van der Waals surface area contributed by atoms with Gasteiger partial charge in [-0.05, 0) is 6.42 Å². The molecule has 0 spiro atoms. The second-order valence-electron chi connectivity index (χ2n) is 7.67. The fourth-order valence-corrected chi connectivity index (χ4v) is 4.42. The third-order valence-electron chi connectivity index (χ3n) is 4.46. The second kappa shape index (κ2) is 7.34. The highest BCUT2D eigenvalue weighted by molar-refractivity contribution is 6.76. The van der Waals surface area contributed by atoms with E-state index in [0.29, 0.717) is 12.0 Å². The molecule has 1 atom stereocenters. The maximum atomic E-state index is 12.5. The van der Waals surface area contributed by atoms with Crippen LogP contribution in [0.2, 0.25) is 25.7 Å². The molecule has 1 unspecified atom stereocenters. The minimum atomic E-state index is -0.973. The molecule has 0 saturated carbocycles. The SMILES string of the molecule is C[Si](C)(C)CCCCCCC1C(=O)C(=O)c2ccccc2C1=O. The van der Waals surface area contributed by atoms with Crippen LogP contribution < -0.4 is 0 Å². The van der Waals surface area contributed by atoms with E-state index in [1.165, 1.54) is 12.5 Å². The van der Waals surface area contributed by atoms with Gasteiger partial charge in [-0.2, -0.15) is 0 Å². The van der Waals surface area contributed by atoms with Crippen molar-refractivity contribution in [2.24, 2.45) is 5.92 Å². The Morgan fingerprint density at radius 1 is 0.826 bits per heavy atom. The van der Waals surface area contributed by atoms with Crippen LogP contribution in [0.4, 0.5) is 0 Å². The summed E-state index contributed by atoms with van der Waals surface area (Å²) in [6.07, 6.45) is 4.74. The average Bonchev–Trinajstić information content (AvgIpc) is 2.50. The summed E-state index contributed by atoms with van der Waals surface area (Å²) in [4.78, 5) is 36.8. The highest BCUT2D eigenvalue weighted by Gasteiger charge is 2.39. The topological polar surface area (TPSA) is 51.2 Å². The van der Waals surface area contributed by atoms with E-state index in [4.69, 9.17) is 0 Å². The zero-order valence-corrected chi connectivity index (χ0v) is 15.4. The lowest BCUT2D eigenvalue weighted by molar-refractivity contribution is -0.117. The number of unbranched alkanes of at least 4 members (excludes halogenated alkanes) is 3. The maximum Gasteiger partial charge on any atom is 0.230 e. The lowest BCUT2D eigenvalue weighted by atomic mass is 9.78. The first-order chi connectivity index (χ1) is 10.8. The Morgan fingerprint density at radius 3 is 2.09 bits per heavy atom. The van der Waals surface area contributed by atoms with Crippen LogP contribution >= 0.6 is 0 Å². The Morgan fingerprint density at radius 2 is 1.43 bits per heavy atom. The van der Waals surface area contributed by atoms with E-state index in [2.05, 4.69) is 19.6 Å². The van der Waals surface area contributed by atoms with Gasteiger partial charge in [0.15, 0.2) is 5.78 Å². The van der Waals surface area contributed by atoms with Crippen LogP contribution in [0.5, 0.6) is 0 Å². The van der Waals surface area contributed by atoms with Gasteiger partial charge in [0.25, 0.3) is 0 Å². The van der Waals surface area contributed by atoms with Gasteiger partial charge in [-0.3, -0.25) is 14.4 Å². The molecule has 124 valence electrons. The second-order valence-corrected chi connectivity index (χ2v) is 13.3. The van der Waals surface area contributed by atoms with Crippen molar-refractivity contribution in [3.05, 3.63) is 35.4 Å². The molecule has 3 nitrogen and oxygen atoms in total. The summed E-state index contributed by atoms with van der Waals surface area (Å²) in [5.41, 5.74) is 0.690. The number of carbonyl (C=O) groups excluding carboxylic acids is 3. The number of Topliss-reactive ketones (excluding diaryl/α,β-unsaturated/α-hetero) is 3. The lowest BCUT2D eigenvalue weighted by Crippen LogP contribution is -2.36. The smallest absolute Gasteiger partial charge is 0.230 e. The number of benzene rings is 1. The first-order valence-corrected chi connectivity index (χ1v) is 12.2. The number of ketones is 3. The molecule has 0 radical (unpaired) electrons. The molecule has 0 heterocycles. The highest BCUT2D eigenvalue weighted by atomic mass is 28.3. The first-order valence-electron chi connectivity index (χ1n) is 8.53. The van der Waals surface area contributed by atoms with E-state index in [9.17, 15) is 14.4 Å². The molecule has 1 aliphatic carbocycles. The minimum Gasteiger partial charge on any atom is -0.293 e. The fourth-order valence-electron chi connectivity index (χ4n) is 3.11. The average molecular weight is 330 g/mol. The molecular formula is C19H26O3Si. The summed E-state index contributed by atoms with van der Waals surface area (Å²) < 4.78 is 0. The van der Waals surface area contributed by atoms with Crippen LogP contribution in [0.3, 0.4) is 0 Å². The van der Waals surface area contributed by atoms with Crippen molar-refractivity contribution >= 4 is 25.4 Å². The van der Waals surface area contributed by atoms with Crippen molar-refractivity contribution in [3.63, 3.8) is 0 Å². The Kier molecular flexibility index (Phi) is 5.68. The molecule has 1 aliphatic rings. The molecule has 0 aromatic heterocycles. The third-order valence-corrected chi connectivity index (χ3v) is 6.32. The van der Waals surface area contributed by atoms with E-state index in [-0.39, 0.29) is 11.3 Å². The van der Waals surface area contributed by atoms with Crippen molar-refractivity contribution in [2.75, 3.05) is 0 Å². The van der Waals surface area contributed by atoms with Gasteiger partial charge in [0.2, 0.25) is 11.6 Å². The predicted molar refractivity (Wildman–Crippen MR) is 94.8 cm³/mol. The summed E-state index contributed by atoms with van der Waals surface area (Å²) in [6.45, 7) is 7.11. The molecule has 1 aromatic carbocycles. The van der Waals surface area contributed by atoms with Gasteiger partial charge in [-0.15, -0.1) is 0 Å². The molecule has 23 heavy (non-hydrogen) atoms. The number of fused-ring (bicyclic) bond motifs is 1. The number of rotatable bonds is 7. The molecule has 0 fully saturated rings. The Labute approximate surface area is 139 Å². The van der Waals surface area contributed by atoms with Crippen molar-refractivity contribution < 1.29 is 14.4 Å². The molecule has 0 amide bonds. The summed E-state index contributed by atoms with van der Waals surface area (Å²) in [5, 5.41) is 0. The zero-order valence-electron chi connectivity index (χ0n) is 14.4. The molecule has 0 N–H and O–H groups in total. The predicted octanol–water partition coefficient (Wildman–Crippen LogP) is 4.54. The van der Waals surface area contributed by atoms with Gasteiger partial charge >= 0.3 is 0 Å². The molecule has 2 rings (SSSR count). The monoisotopic (exact) mass is 330 g/mol.